The summed E-state index contributed by atoms with van der Waals surface area (Å²) in [6.07, 6.45) is 6.18. The van der Waals surface area contributed by atoms with E-state index in [-0.39, 0.29) is 6.04 Å². The summed E-state index contributed by atoms with van der Waals surface area (Å²) in [5.41, 5.74) is 9.91. The second-order valence-electron chi connectivity index (χ2n) is 9.84. The van der Waals surface area contributed by atoms with E-state index in [0.29, 0.717) is 11.5 Å². The molecule has 0 aromatic heterocycles. The van der Waals surface area contributed by atoms with Crippen molar-refractivity contribution in [3.05, 3.63) is 131 Å². The first-order valence-electron chi connectivity index (χ1n) is 13.2. The lowest BCUT2D eigenvalue weighted by Crippen LogP contribution is -2.29. The molecule has 0 spiro atoms. The van der Waals surface area contributed by atoms with Crippen LogP contribution in [0.4, 0.5) is 5.69 Å². The highest BCUT2D eigenvalue weighted by Crippen LogP contribution is 2.38. The topological polar surface area (TPSA) is 60.2 Å². The first kappa shape index (κ1) is 26.9. The molecule has 4 rings (SSSR count). The minimum atomic E-state index is 0.0583. The van der Waals surface area contributed by atoms with Gasteiger partial charge in [0.25, 0.3) is 0 Å². The van der Waals surface area contributed by atoms with E-state index in [1.54, 1.807) is 0 Å². The molecule has 2 unspecified atom stereocenters. The predicted octanol–water partition coefficient (Wildman–Crippen LogP) is 8.16. The molecule has 2 N–H and O–H groups in total. The van der Waals surface area contributed by atoms with Gasteiger partial charge in [0, 0.05) is 29.8 Å². The summed E-state index contributed by atoms with van der Waals surface area (Å²) in [4.78, 5) is 4.36. The number of hydrogen-bond acceptors (Lipinski definition) is 4. The smallest absolute Gasteiger partial charge is 0.0991 e. The maximum Gasteiger partial charge on any atom is 0.0991 e. The third-order valence-electron chi connectivity index (χ3n) is 6.77. The standard InChI is InChI=1S/C34H36N4/c1-5-27(23-36-24(2)3)29-17-19-32(20-18-29)38-34(31-15-16-31)33(30-9-7-6-8-10-30)37-22-25(4)28-13-11-26(21-35)12-14-28/h5-14,17-20,23,25,33,37-38H,2,15-16,22H2,1,3-4H3/b27-5+,36-23?. The quantitative estimate of drug-likeness (QED) is 0.261. The van der Waals surface area contributed by atoms with Gasteiger partial charge >= 0.3 is 0 Å². The van der Waals surface area contributed by atoms with Gasteiger partial charge in [0.2, 0.25) is 0 Å². The summed E-state index contributed by atoms with van der Waals surface area (Å²) in [6.45, 7) is 10.8. The van der Waals surface area contributed by atoms with Crippen molar-refractivity contribution in [1.29, 1.82) is 5.26 Å². The number of nitrogens with one attached hydrogen (secondary N) is 2. The Balaban J connectivity index is 1.54. The lowest BCUT2D eigenvalue weighted by molar-refractivity contribution is 0.553. The van der Waals surface area contributed by atoms with Crippen LogP contribution < -0.4 is 10.6 Å². The molecule has 1 fully saturated rings. The van der Waals surface area contributed by atoms with E-state index in [1.807, 2.05) is 32.2 Å². The van der Waals surface area contributed by atoms with Crippen molar-refractivity contribution in [2.75, 3.05) is 11.9 Å². The maximum atomic E-state index is 9.12. The van der Waals surface area contributed by atoms with Gasteiger partial charge in [-0.25, -0.2) is 0 Å². The highest BCUT2D eigenvalue weighted by Gasteiger charge is 2.26. The fraction of sp³-hybridized carbons (Fsp3) is 0.235. The number of nitriles is 1. The molecule has 0 saturated heterocycles. The molecule has 0 amide bonds. The first-order chi connectivity index (χ1) is 18.5. The van der Waals surface area contributed by atoms with Crippen LogP contribution in [-0.4, -0.2) is 12.8 Å². The normalized spacial score (nSPS) is 14.6. The van der Waals surface area contributed by atoms with Gasteiger partial charge in [-0.3, -0.25) is 4.99 Å². The van der Waals surface area contributed by atoms with E-state index in [2.05, 4.69) is 108 Å². The van der Waals surface area contributed by atoms with Crippen molar-refractivity contribution in [2.45, 2.75) is 45.6 Å². The Bertz CT molecular complexity index is 1370. The lowest BCUT2D eigenvalue weighted by Gasteiger charge is -2.26. The van der Waals surface area contributed by atoms with Crippen LogP contribution in [0.1, 0.15) is 67.8 Å². The van der Waals surface area contributed by atoms with Gasteiger partial charge in [0.05, 0.1) is 17.7 Å². The summed E-state index contributed by atoms with van der Waals surface area (Å²) in [5, 5.41) is 16.7. The molecule has 1 aliphatic carbocycles. The van der Waals surface area contributed by atoms with E-state index in [9.17, 15) is 0 Å². The van der Waals surface area contributed by atoms with Gasteiger partial charge in [-0.15, -0.1) is 0 Å². The molecule has 4 nitrogen and oxygen atoms in total. The van der Waals surface area contributed by atoms with Gasteiger partial charge in [0.1, 0.15) is 0 Å². The zero-order chi connectivity index (χ0) is 26.9. The third kappa shape index (κ3) is 7.18. The van der Waals surface area contributed by atoms with E-state index in [1.165, 1.54) is 22.4 Å². The lowest BCUT2D eigenvalue weighted by atomic mass is 9.97. The van der Waals surface area contributed by atoms with Crippen LogP contribution in [-0.2, 0) is 0 Å². The fourth-order valence-corrected chi connectivity index (χ4v) is 4.42. The van der Waals surface area contributed by atoms with Crippen molar-refractivity contribution in [2.24, 2.45) is 4.99 Å². The molecular weight excluding hydrogens is 464 g/mol. The summed E-state index contributed by atoms with van der Waals surface area (Å²) >= 11 is 0. The summed E-state index contributed by atoms with van der Waals surface area (Å²) in [7, 11) is 0. The Morgan fingerprint density at radius 3 is 2.26 bits per heavy atom. The number of nitrogens with zero attached hydrogens (tertiary/aromatic N) is 2. The Morgan fingerprint density at radius 2 is 1.68 bits per heavy atom. The van der Waals surface area contributed by atoms with Gasteiger partial charge in [-0.1, -0.05) is 74.2 Å². The SMILES string of the molecule is C=C(C)N=C/C(=C\C)c1ccc(NC(=C2CC2)C(NCC(C)c2ccc(C#N)cc2)c2ccccc2)cc1. The van der Waals surface area contributed by atoms with E-state index < -0.39 is 0 Å². The van der Waals surface area contributed by atoms with Crippen molar-refractivity contribution >= 4 is 17.5 Å². The average Bonchev–Trinajstić information content (AvgIpc) is 3.79. The molecule has 3 aromatic carbocycles. The summed E-state index contributed by atoms with van der Waals surface area (Å²) in [6, 6.07) is 29.4. The number of rotatable bonds is 11. The number of aliphatic imine (C=N–C) groups is 1. The summed E-state index contributed by atoms with van der Waals surface area (Å²) in [5.74, 6) is 0.304. The minimum Gasteiger partial charge on any atom is -0.357 e. The number of benzene rings is 3. The summed E-state index contributed by atoms with van der Waals surface area (Å²) < 4.78 is 0. The largest absolute Gasteiger partial charge is 0.357 e. The first-order valence-corrected chi connectivity index (χ1v) is 13.2. The highest BCUT2D eigenvalue weighted by molar-refractivity contribution is 6.10. The molecule has 0 heterocycles. The van der Waals surface area contributed by atoms with Crippen LogP contribution in [0.2, 0.25) is 0 Å². The number of hydrogen-bond donors (Lipinski definition) is 2. The zero-order valence-electron chi connectivity index (χ0n) is 22.5. The molecule has 4 heteroatoms. The molecular formula is C34H36N4. The van der Waals surface area contributed by atoms with Crippen molar-refractivity contribution in [3.63, 3.8) is 0 Å². The second-order valence-corrected chi connectivity index (χ2v) is 9.84. The van der Waals surface area contributed by atoms with Gasteiger partial charge < -0.3 is 10.6 Å². The Morgan fingerprint density at radius 1 is 1.00 bits per heavy atom. The minimum absolute atomic E-state index is 0.0583. The Kier molecular flexibility index (Phi) is 9.08. The molecule has 1 aliphatic rings. The number of anilines is 1. The molecule has 1 saturated carbocycles. The van der Waals surface area contributed by atoms with Crippen molar-refractivity contribution in [1.82, 2.24) is 5.32 Å². The third-order valence-corrected chi connectivity index (χ3v) is 6.77. The Hall–Kier alpha value is -4.20. The highest BCUT2D eigenvalue weighted by atomic mass is 15.0. The zero-order valence-corrected chi connectivity index (χ0v) is 22.5. The predicted molar refractivity (Wildman–Crippen MR) is 160 cm³/mol. The fourth-order valence-electron chi connectivity index (χ4n) is 4.42. The van der Waals surface area contributed by atoms with Crippen LogP contribution >= 0.6 is 0 Å². The molecule has 0 radical (unpaired) electrons. The molecule has 3 aromatic rings. The van der Waals surface area contributed by atoms with Gasteiger partial charge in [-0.05, 0) is 84.7 Å². The van der Waals surface area contributed by atoms with Crippen LogP contribution in [0.5, 0.6) is 0 Å². The molecule has 2 atom stereocenters. The van der Waals surface area contributed by atoms with Crippen LogP contribution in [0.15, 0.2) is 113 Å². The molecule has 0 bridgehead atoms. The van der Waals surface area contributed by atoms with E-state index in [0.717, 1.165) is 41.9 Å². The second kappa shape index (κ2) is 12.9. The molecule has 38 heavy (non-hydrogen) atoms. The monoisotopic (exact) mass is 500 g/mol. The van der Waals surface area contributed by atoms with Crippen LogP contribution in [0, 0.1) is 11.3 Å². The van der Waals surface area contributed by atoms with Gasteiger partial charge in [-0.2, -0.15) is 5.26 Å². The number of allylic oxidation sites excluding steroid dienone is 4. The van der Waals surface area contributed by atoms with Crippen molar-refractivity contribution < 1.29 is 0 Å². The molecule has 0 aliphatic heterocycles. The van der Waals surface area contributed by atoms with Crippen LogP contribution in [0.3, 0.4) is 0 Å². The van der Waals surface area contributed by atoms with Crippen LogP contribution in [0.25, 0.3) is 5.57 Å². The Labute approximate surface area is 227 Å². The van der Waals surface area contributed by atoms with E-state index in [4.69, 9.17) is 5.26 Å². The average molecular weight is 501 g/mol. The van der Waals surface area contributed by atoms with E-state index >= 15 is 0 Å². The maximum absolute atomic E-state index is 9.12. The van der Waals surface area contributed by atoms with Crippen molar-refractivity contribution in [3.8, 4) is 6.07 Å². The molecule has 192 valence electrons. The van der Waals surface area contributed by atoms with Gasteiger partial charge in [0.15, 0.2) is 0 Å².